The molecular formula is C15H13N3O2. The van der Waals surface area contributed by atoms with Gasteiger partial charge in [0.05, 0.1) is 12.1 Å². The molecule has 0 aliphatic rings. The van der Waals surface area contributed by atoms with E-state index >= 15 is 0 Å². The highest BCUT2D eigenvalue weighted by molar-refractivity contribution is 5.94. The van der Waals surface area contributed by atoms with Crippen LogP contribution in [0.3, 0.4) is 0 Å². The van der Waals surface area contributed by atoms with Crippen LogP contribution in [0.25, 0.3) is 0 Å². The molecule has 0 aromatic heterocycles. The molecule has 0 saturated carbocycles. The van der Waals surface area contributed by atoms with E-state index in [2.05, 4.69) is 11.8 Å². The van der Waals surface area contributed by atoms with Crippen molar-refractivity contribution in [1.29, 1.82) is 10.5 Å². The molecule has 1 aromatic rings. The maximum Gasteiger partial charge on any atom is 0.255 e. The third-order valence-corrected chi connectivity index (χ3v) is 2.59. The third kappa shape index (κ3) is 3.85. The minimum absolute atomic E-state index is 0.127. The summed E-state index contributed by atoms with van der Waals surface area (Å²) in [5, 5.41) is 26.0. The molecule has 0 aliphatic heterocycles. The molecule has 0 saturated heterocycles. The quantitative estimate of drug-likeness (QED) is 0.649. The van der Waals surface area contributed by atoms with Crippen LogP contribution in [0.1, 0.15) is 21.5 Å². The maximum atomic E-state index is 12.1. The van der Waals surface area contributed by atoms with Crippen molar-refractivity contribution in [2.45, 2.75) is 6.92 Å². The standard InChI is InChI=1S/C15H13N3O2/c1-12-11-14(5-4-13(12)3-2-10-19)15(20)18(8-6-16)9-7-17/h4-5,11,19H,8-10H2,1H3. The van der Waals surface area contributed by atoms with E-state index in [0.29, 0.717) is 5.56 Å². The second-order valence-corrected chi connectivity index (χ2v) is 3.97. The Kier molecular flexibility index (Phi) is 5.78. The molecule has 0 heterocycles. The first-order valence-corrected chi connectivity index (χ1v) is 5.87. The number of hydrogen-bond donors (Lipinski definition) is 1. The number of amides is 1. The van der Waals surface area contributed by atoms with Gasteiger partial charge in [0, 0.05) is 11.1 Å². The zero-order valence-electron chi connectivity index (χ0n) is 11.1. The fraction of sp³-hybridized carbons (Fsp3) is 0.267. The van der Waals surface area contributed by atoms with Gasteiger partial charge in [0.1, 0.15) is 19.7 Å². The molecule has 0 aliphatic carbocycles. The molecule has 0 unspecified atom stereocenters. The van der Waals surface area contributed by atoms with Crippen molar-refractivity contribution in [3.63, 3.8) is 0 Å². The zero-order chi connectivity index (χ0) is 15.0. The lowest BCUT2D eigenvalue weighted by Gasteiger charge is -2.16. The average Bonchev–Trinajstić information content (AvgIpc) is 2.45. The van der Waals surface area contributed by atoms with E-state index in [1.165, 1.54) is 4.90 Å². The molecule has 0 atom stereocenters. The van der Waals surface area contributed by atoms with Gasteiger partial charge in [-0.2, -0.15) is 10.5 Å². The number of nitriles is 2. The Morgan fingerprint density at radius 2 is 1.95 bits per heavy atom. The summed E-state index contributed by atoms with van der Waals surface area (Å²) in [6.45, 7) is 1.32. The van der Waals surface area contributed by atoms with Crippen molar-refractivity contribution in [3.05, 3.63) is 34.9 Å². The summed E-state index contributed by atoms with van der Waals surface area (Å²) < 4.78 is 0. The highest BCUT2D eigenvalue weighted by atomic mass is 16.2. The Bertz CT molecular complexity index is 626. The van der Waals surface area contributed by atoms with Gasteiger partial charge in [-0.05, 0) is 30.7 Å². The van der Waals surface area contributed by atoms with Gasteiger partial charge >= 0.3 is 0 Å². The maximum absolute atomic E-state index is 12.1. The van der Waals surface area contributed by atoms with E-state index in [1.54, 1.807) is 25.1 Å². The number of aryl methyl sites for hydroxylation is 1. The molecular weight excluding hydrogens is 254 g/mol. The minimum Gasteiger partial charge on any atom is -0.384 e. The number of aliphatic hydroxyl groups excluding tert-OH is 1. The predicted molar refractivity (Wildman–Crippen MR) is 72.3 cm³/mol. The molecule has 1 N–H and O–H groups in total. The zero-order valence-corrected chi connectivity index (χ0v) is 11.1. The molecule has 1 rings (SSSR count). The van der Waals surface area contributed by atoms with Crippen LogP contribution >= 0.6 is 0 Å². The number of carbonyl (C=O) groups excluding carboxylic acids is 1. The van der Waals surface area contributed by atoms with E-state index in [0.717, 1.165) is 11.1 Å². The van der Waals surface area contributed by atoms with Gasteiger partial charge in [0.15, 0.2) is 0 Å². The normalized spacial score (nSPS) is 8.80. The van der Waals surface area contributed by atoms with Gasteiger partial charge in [-0.25, -0.2) is 0 Å². The Morgan fingerprint density at radius 3 is 2.45 bits per heavy atom. The Morgan fingerprint density at radius 1 is 1.30 bits per heavy atom. The fourth-order valence-electron chi connectivity index (χ4n) is 1.62. The van der Waals surface area contributed by atoms with E-state index < -0.39 is 0 Å². The number of nitrogens with zero attached hydrogens (tertiary/aromatic N) is 3. The molecule has 0 fully saturated rings. The molecule has 0 bridgehead atoms. The van der Waals surface area contributed by atoms with Crippen LogP contribution in [0, 0.1) is 41.4 Å². The molecule has 1 aromatic carbocycles. The van der Waals surface area contributed by atoms with Crippen LogP contribution in [-0.2, 0) is 0 Å². The van der Waals surface area contributed by atoms with Crippen LogP contribution in [0.4, 0.5) is 0 Å². The third-order valence-electron chi connectivity index (χ3n) is 2.59. The Labute approximate surface area is 117 Å². The predicted octanol–water partition coefficient (Wildman–Crippen LogP) is 0.828. The van der Waals surface area contributed by atoms with Gasteiger partial charge in [-0.1, -0.05) is 11.8 Å². The topological polar surface area (TPSA) is 88.1 Å². The molecule has 1 amide bonds. The Hall–Kier alpha value is -2.81. The molecule has 5 nitrogen and oxygen atoms in total. The van der Waals surface area contributed by atoms with Gasteiger partial charge < -0.3 is 10.0 Å². The lowest BCUT2D eigenvalue weighted by molar-refractivity contribution is 0.0794. The highest BCUT2D eigenvalue weighted by Crippen LogP contribution is 2.12. The van der Waals surface area contributed by atoms with Crippen LogP contribution in [0.15, 0.2) is 18.2 Å². The number of benzene rings is 1. The summed E-state index contributed by atoms with van der Waals surface area (Å²) in [5.74, 6) is 4.96. The Balaban J connectivity index is 3.03. The van der Waals surface area contributed by atoms with Gasteiger partial charge in [0.2, 0.25) is 0 Å². The second kappa shape index (κ2) is 7.59. The number of rotatable bonds is 3. The number of hydrogen-bond acceptors (Lipinski definition) is 4. The SMILES string of the molecule is Cc1cc(C(=O)N(CC#N)CC#N)ccc1C#CCO. The van der Waals surface area contributed by atoms with E-state index in [1.807, 2.05) is 12.1 Å². The fourth-order valence-corrected chi connectivity index (χ4v) is 1.62. The summed E-state index contributed by atoms with van der Waals surface area (Å²) in [7, 11) is 0. The first kappa shape index (κ1) is 15.2. The van der Waals surface area contributed by atoms with E-state index in [4.69, 9.17) is 15.6 Å². The first-order valence-electron chi connectivity index (χ1n) is 5.87. The van der Waals surface area contributed by atoms with Crippen molar-refractivity contribution in [2.75, 3.05) is 19.7 Å². The number of aliphatic hydroxyl groups is 1. The van der Waals surface area contributed by atoms with Crippen molar-refractivity contribution in [3.8, 4) is 24.0 Å². The molecule has 100 valence electrons. The van der Waals surface area contributed by atoms with Crippen LogP contribution in [0.5, 0.6) is 0 Å². The smallest absolute Gasteiger partial charge is 0.255 e. The summed E-state index contributed by atoms with van der Waals surface area (Å²) in [5.41, 5.74) is 1.93. The molecule has 5 heteroatoms. The van der Waals surface area contributed by atoms with Crippen LogP contribution in [0.2, 0.25) is 0 Å². The first-order chi connectivity index (χ1) is 9.63. The number of carbonyl (C=O) groups is 1. The lowest BCUT2D eigenvalue weighted by Crippen LogP contribution is -2.31. The molecule has 20 heavy (non-hydrogen) atoms. The molecule has 0 radical (unpaired) electrons. The summed E-state index contributed by atoms with van der Waals surface area (Å²) >= 11 is 0. The summed E-state index contributed by atoms with van der Waals surface area (Å²) in [6, 6.07) is 8.66. The van der Waals surface area contributed by atoms with Gasteiger partial charge in [-0.3, -0.25) is 4.79 Å². The highest BCUT2D eigenvalue weighted by Gasteiger charge is 2.15. The second-order valence-electron chi connectivity index (χ2n) is 3.97. The summed E-state index contributed by atoms with van der Waals surface area (Å²) in [4.78, 5) is 13.3. The minimum atomic E-state index is -0.363. The van der Waals surface area contributed by atoms with Crippen molar-refractivity contribution in [1.82, 2.24) is 4.90 Å². The largest absolute Gasteiger partial charge is 0.384 e. The van der Waals surface area contributed by atoms with Gasteiger partial charge in [-0.15, -0.1) is 0 Å². The lowest BCUT2D eigenvalue weighted by atomic mass is 10.0. The van der Waals surface area contributed by atoms with Crippen LogP contribution < -0.4 is 0 Å². The van der Waals surface area contributed by atoms with Crippen LogP contribution in [-0.4, -0.2) is 35.6 Å². The monoisotopic (exact) mass is 267 g/mol. The van der Waals surface area contributed by atoms with Crippen molar-refractivity contribution >= 4 is 5.91 Å². The summed E-state index contributed by atoms with van der Waals surface area (Å²) in [6.07, 6.45) is 0. The van der Waals surface area contributed by atoms with Crippen molar-refractivity contribution in [2.24, 2.45) is 0 Å². The van der Waals surface area contributed by atoms with Crippen molar-refractivity contribution < 1.29 is 9.90 Å². The average molecular weight is 267 g/mol. The van der Waals surface area contributed by atoms with E-state index in [9.17, 15) is 4.79 Å². The van der Waals surface area contributed by atoms with E-state index in [-0.39, 0.29) is 25.6 Å². The van der Waals surface area contributed by atoms with Gasteiger partial charge in [0.25, 0.3) is 5.91 Å². The molecule has 0 spiro atoms.